The molecule has 9 heteroatoms. The largest absolute Gasteiger partial charge is 0.518 e. The van der Waals surface area contributed by atoms with Crippen molar-refractivity contribution in [2.24, 2.45) is 4.40 Å². The highest BCUT2D eigenvalue weighted by Crippen LogP contribution is 2.33. The number of nitrogens with zero attached hydrogens (tertiary/aromatic N) is 3. The fraction of sp³-hybridized carbons (Fsp3) is 0.320. The fourth-order valence-electron chi connectivity index (χ4n) is 3.62. The number of alkyl halides is 3. The second kappa shape index (κ2) is 10.0. The van der Waals surface area contributed by atoms with Gasteiger partial charge in [-0.25, -0.2) is 0 Å². The summed E-state index contributed by atoms with van der Waals surface area (Å²) >= 11 is 0. The van der Waals surface area contributed by atoms with E-state index in [2.05, 4.69) is 4.40 Å². The quantitative estimate of drug-likeness (QED) is 0.534. The molecule has 0 spiro atoms. The van der Waals surface area contributed by atoms with Crippen LogP contribution in [0.15, 0.2) is 64.1 Å². The van der Waals surface area contributed by atoms with Crippen molar-refractivity contribution < 1.29 is 21.6 Å². The van der Waals surface area contributed by atoms with Crippen molar-refractivity contribution in [2.75, 3.05) is 38.0 Å². The van der Waals surface area contributed by atoms with Gasteiger partial charge in [0.1, 0.15) is 0 Å². The molecule has 0 atom stereocenters. The summed E-state index contributed by atoms with van der Waals surface area (Å²) in [4.78, 5) is 3.87. The maximum Gasteiger partial charge on any atom is 0.518 e. The van der Waals surface area contributed by atoms with E-state index in [-0.39, 0.29) is 5.71 Å². The first-order chi connectivity index (χ1) is 15.9. The van der Waals surface area contributed by atoms with Gasteiger partial charge in [-0.2, -0.15) is 26.0 Å². The predicted molar refractivity (Wildman–Crippen MR) is 134 cm³/mol. The van der Waals surface area contributed by atoms with Crippen molar-refractivity contribution in [2.45, 2.75) is 24.8 Å². The van der Waals surface area contributed by atoms with Gasteiger partial charge in [0, 0.05) is 39.6 Å². The Bertz CT molecular complexity index is 1140. The normalized spacial score (nSPS) is 18.5. The predicted octanol–water partition coefficient (Wildman–Crippen LogP) is 5.76. The summed E-state index contributed by atoms with van der Waals surface area (Å²) in [5.74, 6) is 0. The Morgan fingerprint density at radius 3 is 1.47 bits per heavy atom. The van der Waals surface area contributed by atoms with Crippen LogP contribution >= 0.6 is 0 Å². The molecule has 2 aromatic carbocycles. The van der Waals surface area contributed by atoms with Gasteiger partial charge in [-0.3, -0.25) is 0 Å². The van der Waals surface area contributed by atoms with E-state index >= 15 is 0 Å². The molecule has 0 heterocycles. The highest BCUT2D eigenvalue weighted by Gasteiger charge is 2.46. The van der Waals surface area contributed by atoms with E-state index in [0.29, 0.717) is 30.4 Å². The molecule has 0 saturated heterocycles. The Balaban J connectivity index is 2.09. The summed E-state index contributed by atoms with van der Waals surface area (Å²) in [6.45, 7) is 0. The molecule has 0 unspecified atom stereocenters. The van der Waals surface area contributed by atoms with Gasteiger partial charge in [0.15, 0.2) is 0 Å². The average Bonchev–Trinajstić information content (AvgIpc) is 2.76. The van der Waals surface area contributed by atoms with Crippen LogP contribution in [0.25, 0.3) is 12.2 Å². The zero-order valence-electron chi connectivity index (χ0n) is 19.6. The van der Waals surface area contributed by atoms with Gasteiger partial charge < -0.3 is 9.80 Å². The van der Waals surface area contributed by atoms with Gasteiger partial charge in [0.25, 0.3) is 0 Å². The molecule has 0 aliphatic heterocycles. The second-order valence-electron chi connectivity index (χ2n) is 8.53. The van der Waals surface area contributed by atoms with Crippen molar-refractivity contribution in [3.05, 3.63) is 70.8 Å². The summed E-state index contributed by atoms with van der Waals surface area (Å²) in [5.41, 5.74) is -1.20. The summed E-state index contributed by atoms with van der Waals surface area (Å²) in [6, 6.07) is 14.9. The highest BCUT2D eigenvalue weighted by atomic mass is 32.2. The topological polar surface area (TPSA) is 53.0 Å². The lowest BCUT2D eigenvalue weighted by molar-refractivity contribution is -0.0435. The number of halogens is 3. The molecule has 3 rings (SSSR count). The molecule has 2 aromatic rings. The molecule has 0 amide bonds. The molecule has 0 bridgehead atoms. The van der Waals surface area contributed by atoms with Crippen LogP contribution in [0, 0.1) is 0 Å². The first kappa shape index (κ1) is 25.6. The maximum atomic E-state index is 13.2. The number of rotatable bonds is 5. The van der Waals surface area contributed by atoms with E-state index in [1.807, 2.05) is 86.5 Å². The number of hydrogen-bond acceptors (Lipinski definition) is 4. The van der Waals surface area contributed by atoms with Gasteiger partial charge in [-0.05, 0) is 78.0 Å². The van der Waals surface area contributed by atoms with Crippen LogP contribution in [0.2, 0.25) is 0 Å². The maximum absolute atomic E-state index is 13.2. The van der Waals surface area contributed by atoms with Gasteiger partial charge in [-0.1, -0.05) is 24.3 Å². The summed E-state index contributed by atoms with van der Waals surface area (Å²) in [6.07, 6.45) is 4.96. The average molecular weight is 492 g/mol. The van der Waals surface area contributed by atoms with Gasteiger partial charge in [0.05, 0.1) is 5.71 Å². The molecule has 0 N–H and O–H groups in total. The zero-order valence-corrected chi connectivity index (χ0v) is 20.4. The fourth-order valence-corrected chi connectivity index (χ4v) is 4.20. The molecule has 0 radical (unpaired) electrons. The second-order valence-corrected chi connectivity index (χ2v) is 10.1. The first-order valence-corrected chi connectivity index (χ1v) is 12.2. The summed E-state index contributed by atoms with van der Waals surface area (Å²) in [5, 5.41) is 0. The minimum Gasteiger partial charge on any atom is -0.378 e. The molecule has 1 saturated carbocycles. The van der Waals surface area contributed by atoms with Crippen molar-refractivity contribution in [3.63, 3.8) is 0 Å². The van der Waals surface area contributed by atoms with Crippen LogP contribution < -0.4 is 9.80 Å². The summed E-state index contributed by atoms with van der Waals surface area (Å²) < 4.78 is 66.8. The monoisotopic (exact) mass is 491 g/mol. The van der Waals surface area contributed by atoms with Crippen LogP contribution in [0.3, 0.4) is 0 Å². The van der Waals surface area contributed by atoms with Crippen molar-refractivity contribution in [1.29, 1.82) is 0 Å². The number of sulfonamides is 1. The lowest BCUT2D eigenvalue weighted by Gasteiger charge is -2.21. The van der Waals surface area contributed by atoms with E-state index in [9.17, 15) is 21.6 Å². The lowest BCUT2D eigenvalue weighted by atomic mass is 9.86. The van der Waals surface area contributed by atoms with Crippen LogP contribution in [-0.2, 0) is 10.0 Å². The molecule has 34 heavy (non-hydrogen) atoms. The Labute approximate surface area is 199 Å². The molecule has 1 fully saturated rings. The van der Waals surface area contributed by atoms with E-state index in [0.717, 1.165) is 22.5 Å². The SMILES string of the molecule is CN(C)c1ccc(/C=C2/CCC/C(=C\c3ccc(N(C)C)cc3)C2=NS(=O)(=O)C(F)(F)F)cc1. The molecule has 182 valence electrons. The zero-order chi connectivity index (χ0) is 25.1. The van der Waals surface area contributed by atoms with Crippen LogP contribution in [0.4, 0.5) is 24.5 Å². The lowest BCUT2D eigenvalue weighted by Crippen LogP contribution is -2.24. The number of benzene rings is 2. The number of hydrogen-bond donors (Lipinski definition) is 0. The Morgan fingerprint density at radius 1 is 0.765 bits per heavy atom. The van der Waals surface area contributed by atoms with Crippen LogP contribution in [0.1, 0.15) is 30.4 Å². The van der Waals surface area contributed by atoms with Crippen LogP contribution in [-0.4, -0.2) is 47.8 Å². The highest BCUT2D eigenvalue weighted by molar-refractivity contribution is 7.91. The molecule has 1 aliphatic carbocycles. The number of anilines is 2. The van der Waals surface area contributed by atoms with Crippen molar-refractivity contribution in [3.8, 4) is 0 Å². The first-order valence-electron chi connectivity index (χ1n) is 10.8. The minimum atomic E-state index is -5.69. The third-order valence-corrected chi connectivity index (χ3v) is 6.51. The Hall–Kier alpha value is -3.07. The Kier molecular flexibility index (Phi) is 7.55. The molecular weight excluding hydrogens is 463 g/mol. The molecule has 1 aliphatic rings. The molecule has 0 aromatic heterocycles. The van der Waals surface area contributed by atoms with E-state index < -0.39 is 15.5 Å². The minimum absolute atomic E-state index is 0.128. The van der Waals surface area contributed by atoms with Crippen LogP contribution in [0.5, 0.6) is 0 Å². The van der Waals surface area contributed by atoms with E-state index in [1.54, 1.807) is 12.2 Å². The van der Waals surface area contributed by atoms with Crippen molar-refractivity contribution in [1.82, 2.24) is 0 Å². The van der Waals surface area contributed by atoms with Gasteiger partial charge in [0.2, 0.25) is 0 Å². The van der Waals surface area contributed by atoms with E-state index in [1.165, 1.54) is 0 Å². The third-order valence-electron chi connectivity index (χ3n) is 5.51. The van der Waals surface area contributed by atoms with Gasteiger partial charge in [-0.15, -0.1) is 0 Å². The van der Waals surface area contributed by atoms with Gasteiger partial charge >= 0.3 is 15.5 Å². The summed E-state index contributed by atoms with van der Waals surface area (Å²) in [7, 11) is 1.93. The third kappa shape index (κ3) is 6.08. The standard InChI is InChI=1S/C25H28F3N3O2S/c1-30(2)22-12-8-18(9-13-22)16-20-6-5-7-21(24(20)29-34(32,33)25(26,27)28)17-19-10-14-23(15-11-19)31(3)4/h8-17H,5-7H2,1-4H3/b20-16-,21-17+,29-24?. The number of allylic oxidation sites excluding steroid dienone is 2. The Morgan fingerprint density at radius 2 is 1.15 bits per heavy atom. The smallest absolute Gasteiger partial charge is 0.378 e. The van der Waals surface area contributed by atoms with Crippen molar-refractivity contribution >= 4 is 39.3 Å². The van der Waals surface area contributed by atoms with E-state index in [4.69, 9.17) is 0 Å². The molecule has 5 nitrogen and oxygen atoms in total. The molecular formula is C25H28F3N3O2S.